The molecule has 182 valence electrons. The number of benzene rings is 2. The summed E-state index contributed by atoms with van der Waals surface area (Å²) in [6, 6.07) is 17.8. The molecule has 10 heteroatoms. The predicted molar refractivity (Wildman–Crippen MR) is 131 cm³/mol. The smallest absolute Gasteiger partial charge is 0.251 e. The molecule has 2 aromatic carbocycles. The van der Waals surface area contributed by atoms with Gasteiger partial charge in [-0.25, -0.2) is 9.97 Å². The Morgan fingerprint density at radius 1 is 0.800 bits per heavy atom. The Kier molecular flexibility index (Phi) is 9.12. The summed E-state index contributed by atoms with van der Waals surface area (Å²) < 4.78 is 0. The van der Waals surface area contributed by atoms with E-state index in [1.165, 1.54) is 6.92 Å². The molecule has 0 aliphatic rings. The van der Waals surface area contributed by atoms with Gasteiger partial charge in [0.15, 0.2) is 5.82 Å². The van der Waals surface area contributed by atoms with E-state index in [0.29, 0.717) is 48.2 Å². The van der Waals surface area contributed by atoms with Crippen molar-refractivity contribution in [1.82, 2.24) is 20.6 Å². The largest absolute Gasteiger partial charge is 0.550 e. The molecule has 0 fully saturated rings. The number of nitrogens with zero attached hydrogens (tertiary/aromatic N) is 2. The second kappa shape index (κ2) is 12.7. The van der Waals surface area contributed by atoms with Crippen molar-refractivity contribution in [1.29, 1.82) is 0 Å². The minimum Gasteiger partial charge on any atom is -0.550 e. The number of carbonyl (C=O) groups is 3. The van der Waals surface area contributed by atoms with E-state index in [-0.39, 0.29) is 24.8 Å². The average Bonchev–Trinajstić information content (AvgIpc) is 2.85. The van der Waals surface area contributed by atoms with Gasteiger partial charge >= 0.3 is 0 Å². The predicted octanol–water partition coefficient (Wildman–Crippen LogP) is 0.826. The van der Waals surface area contributed by atoms with Crippen LogP contribution in [0.25, 0.3) is 11.4 Å². The third kappa shape index (κ3) is 8.11. The zero-order valence-electron chi connectivity index (χ0n) is 19.3. The Labute approximate surface area is 203 Å². The molecule has 3 rings (SSSR count). The van der Waals surface area contributed by atoms with Crippen molar-refractivity contribution < 1.29 is 19.5 Å². The van der Waals surface area contributed by atoms with Gasteiger partial charge in [0.25, 0.3) is 5.91 Å². The normalized spacial score (nSPS) is 10.3. The van der Waals surface area contributed by atoms with Crippen LogP contribution in [0.3, 0.4) is 0 Å². The molecule has 0 radical (unpaired) electrons. The summed E-state index contributed by atoms with van der Waals surface area (Å²) in [7, 11) is 0. The van der Waals surface area contributed by atoms with E-state index in [9.17, 15) is 19.5 Å². The monoisotopic (exact) mass is 475 g/mol. The number of rotatable bonds is 12. The van der Waals surface area contributed by atoms with E-state index in [4.69, 9.17) is 0 Å². The SMILES string of the molecule is CC(=O)NCCNc1cc(NCCNC(=O)c2ccccc2CC(=O)[O-])nc(-c2ccccc2)n1. The first-order chi connectivity index (χ1) is 16.9. The maximum Gasteiger partial charge on any atom is 0.251 e. The van der Waals surface area contributed by atoms with Crippen molar-refractivity contribution in [3.05, 3.63) is 71.8 Å². The maximum atomic E-state index is 12.5. The molecule has 2 amide bonds. The van der Waals surface area contributed by atoms with Crippen LogP contribution in [0.5, 0.6) is 0 Å². The summed E-state index contributed by atoms with van der Waals surface area (Å²) in [5.74, 6) is -0.0357. The molecule has 0 aliphatic heterocycles. The quantitative estimate of drug-likeness (QED) is 0.282. The Hall–Kier alpha value is -4.47. The summed E-state index contributed by atoms with van der Waals surface area (Å²) in [4.78, 5) is 43.7. The Bertz CT molecular complexity index is 1170. The molecule has 1 heterocycles. The fourth-order valence-electron chi connectivity index (χ4n) is 3.29. The molecule has 0 saturated heterocycles. The van der Waals surface area contributed by atoms with Crippen molar-refractivity contribution in [3.8, 4) is 11.4 Å². The van der Waals surface area contributed by atoms with Crippen LogP contribution < -0.4 is 26.4 Å². The number of hydrogen-bond acceptors (Lipinski definition) is 8. The fraction of sp³-hybridized carbons (Fsp3) is 0.240. The zero-order valence-corrected chi connectivity index (χ0v) is 19.3. The number of nitrogens with one attached hydrogen (secondary N) is 4. The second-order valence-electron chi connectivity index (χ2n) is 7.63. The first-order valence-electron chi connectivity index (χ1n) is 11.1. The molecule has 35 heavy (non-hydrogen) atoms. The third-order valence-electron chi connectivity index (χ3n) is 4.88. The zero-order chi connectivity index (χ0) is 25.0. The Morgan fingerprint density at radius 2 is 1.40 bits per heavy atom. The number of hydrogen-bond donors (Lipinski definition) is 4. The number of amides is 2. The highest BCUT2D eigenvalue weighted by atomic mass is 16.4. The standard InChI is InChI=1S/C25H28N6O4/c1-17(32)26-11-12-27-21-16-22(31-24(30-21)18-7-3-2-4-8-18)28-13-14-29-25(35)20-10-6-5-9-19(20)15-23(33)34/h2-10,16H,11-15H2,1H3,(H,26,32)(H,29,35)(H,33,34)(H2,27,28,30,31)/p-1. The molecule has 0 atom stereocenters. The van der Waals surface area contributed by atoms with Gasteiger partial charge in [-0.2, -0.15) is 0 Å². The topological polar surface area (TPSA) is 148 Å². The summed E-state index contributed by atoms with van der Waals surface area (Å²) in [6.07, 6.45) is -0.331. The first kappa shape index (κ1) is 25.2. The van der Waals surface area contributed by atoms with Crippen LogP contribution in [0.15, 0.2) is 60.7 Å². The molecular weight excluding hydrogens is 448 g/mol. The Morgan fingerprint density at radius 3 is 2.03 bits per heavy atom. The van der Waals surface area contributed by atoms with Gasteiger partial charge in [-0.05, 0) is 11.6 Å². The van der Waals surface area contributed by atoms with Crippen molar-refractivity contribution >= 4 is 29.4 Å². The molecule has 0 unspecified atom stereocenters. The number of anilines is 2. The molecule has 1 aromatic heterocycles. The van der Waals surface area contributed by atoms with Crippen LogP contribution in [-0.2, 0) is 16.0 Å². The minimum absolute atomic E-state index is 0.105. The van der Waals surface area contributed by atoms with Gasteiger partial charge in [-0.3, -0.25) is 9.59 Å². The third-order valence-corrected chi connectivity index (χ3v) is 4.88. The molecule has 0 spiro atoms. The van der Waals surface area contributed by atoms with Crippen LogP contribution >= 0.6 is 0 Å². The number of carboxylic acid groups (broad SMARTS) is 1. The van der Waals surface area contributed by atoms with E-state index in [1.807, 2.05) is 30.3 Å². The summed E-state index contributed by atoms with van der Waals surface area (Å²) in [6.45, 7) is 3.07. The lowest BCUT2D eigenvalue weighted by Crippen LogP contribution is -2.31. The number of aromatic nitrogens is 2. The van der Waals surface area contributed by atoms with Crippen LogP contribution in [0.1, 0.15) is 22.8 Å². The number of carboxylic acids is 1. The maximum absolute atomic E-state index is 12.5. The van der Waals surface area contributed by atoms with Gasteiger partial charge < -0.3 is 31.2 Å². The van der Waals surface area contributed by atoms with Gasteiger partial charge in [0.1, 0.15) is 11.6 Å². The van der Waals surface area contributed by atoms with Gasteiger partial charge in [-0.1, -0.05) is 48.5 Å². The average molecular weight is 476 g/mol. The molecule has 4 N–H and O–H groups in total. The highest BCUT2D eigenvalue weighted by Gasteiger charge is 2.11. The van der Waals surface area contributed by atoms with E-state index in [0.717, 1.165) is 5.56 Å². The molecule has 3 aromatic rings. The van der Waals surface area contributed by atoms with Gasteiger partial charge in [-0.15, -0.1) is 0 Å². The highest BCUT2D eigenvalue weighted by Crippen LogP contribution is 2.20. The molecule has 0 saturated carbocycles. The van der Waals surface area contributed by atoms with Crippen LogP contribution in [0.4, 0.5) is 11.6 Å². The van der Waals surface area contributed by atoms with E-state index in [2.05, 4.69) is 31.2 Å². The van der Waals surface area contributed by atoms with Crippen molar-refractivity contribution in [2.45, 2.75) is 13.3 Å². The van der Waals surface area contributed by atoms with Crippen LogP contribution in [-0.4, -0.2) is 53.9 Å². The fourth-order valence-corrected chi connectivity index (χ4v) is 3.29. The first-order valence-corrected chi connectivity index (χ1v) is 11.1. The molecule has 0 aliphatic carbocycles. The van der Waals surface area contributed by atoms with E-state index >= 15 is 0 Å². The van der Waals surface area contributed by atoms with E-state index < -0.39 is 5.97 Å². The van der Waals surface area contributed by atoms with Crippen molar-refractivity contribution in [3.63, 3.8) is 0 Å². The molecule has 10 nitrogen and oxygen atoms in total. The molecular formula is C25H27N6O4-. The van der Waals surface area contributed by atoms with E-state index in [1.54, 1.807) is 30.3 Å². The number of carbonyl (C=O) groups excluding carboxylic acids is 3. The van der Waals surface area contributed by atoms with Crippen LogP contribution in [0, 0.1) is 0 Å². The summed E-state index contributed by atoms with van der Waals surface area (Å²) in [5.41, 5.74) is 1.55. The number of aliphatic carboxylic acids is 1. The van der Waals surface area contributed by atoms with Gasteiger partial charge in [0, 0.05) is 62.7 Å². The molecule has 0 bridgehead atoms. The Balaban J connectivity index is 1.62. The van der Waals surface area contributed by atoms with Gasteiger partial charge in [0.05, 0.1) is 0 Å². The summed E-state index contributed by atoms with van der Waals surface area (Å²) in [5, 5.41) is 22.8. The summed E-state index contributed by atoms with van der Waals surface area (Å²) >= 11 is 0. The lowest BCUT2D eigenvalue weighted by atomic mass is 10.0. The highest BCUT2D eigenvalue weighted by molar-refractivity contribution is 5.96. The van der Waals surface area contributed by atoms with Crippen molar-refractivity contribution in [2.75, 3.05) is 36.8 Å². The lowest BCUT2D eigenvalue weighted by molar-refractivity contribution is -0.304. The van der Waals surface area contributed by atoms with Crippen molar-refractivity contribution in [2.24, 2.45) is 0 Å². The minimum atomic E-state index is -1.24. The van der Waals surface area contributed by atoms with Gasteiger partial charge in [0.2, 0.25) is 5.91 Å². The lowest BCUT2D eigenvalue weighted by Gasteiger charge is -2.13. The second-order valence-corrected chi connectivity index (χ2v) is 7.63. The van der Waals surface area contributed by atoms with Crippen LogP contribution in [0.2, 0.25) is 0 Å².